The quantitative estimate of drug-likeness (QED) is 0.725. The molecule has 0 fully saturated rings. The number of ether oxygens (including phenoxy) is 2. The second-order valence-electron chi connectivity index (χ2n) is 5.02. The fourth-order valence-electron chi connectivity index (χ4n) is 1.94. The Kier molecular flexibility index (Phi) is 6.39. The largest absolute Gasteiger partial charge is 0.497 e. The Morgan fingerprint density at radius 1 is 1.25 bits per heavy atom. The molecule has 2 aromatic rings. The highest BCUT2D eigenvalue weighted by molar-refractivity contribution is 5.90. The van der Waals surface area contributed by atoms with E-state index in [0.29, 0.717) is 17.9 Å². The molecule has 128 valence electrons. The highest BCUT2D eigenvalue weighted by Crippen LogP contribution is 2.27. The lowest BCUT2D eigenvalue weighted by atomic mass is 10.2. The molecule has 24 heavy (non-hydrogen) atoms. The van der Waals surface area contributed by atoms with Crippen molar-refractivity contribution in [3.05, 3.63) is 42.6 Å². The van der Waals surface area contributed by atoms with Crippen molar-refractivity contribution >= 4 is 11.7 Å². The first kappa shape index (κ1) is 17.6. The van der Waals surface area contributed by atoms with Gasteiger partial charge in [0, 0.05) is 6.20 Å². The standard InChI is InChI=1S/C17H21N3O4/c1-3-12(11-21)19-17(22)20-15-5-4-10-18-16(15)24-14-8-6-13(23-2)7-9-14/h4-10,12,21H,3,11H2,1-2H3,(H2,19,20,22). The third-order valence-electron chi connectivity index (χ3n) is 3.34. The summed E-state index contributed by atoms with van der Waals surface area (Å²) in [7, 11) is 1.59. The Balaban J connectivity index is 2.07. The SMILES string of the molecule is CCC(CO)NC(=O)Nc1cccnc1Oc1ccc(OC)cc1. The Morgan fingerprint density at radius 2 is 1.96 bits per heavy atom. The Morgan fingerprint density at radius 3 is 2.58 bits per heavy atom. The van der Waals surface area contributed by atoms with Crippen molar-refractivity contribution in [1.82, 2.24) is 10.3 Å². The molecule has 0 aliphatic carbocycles. The molecule has 1 atom stereocenters. The Hall–Kier alpha value is -2.80. The molecule has 2 rings (SSSR count). The summed E-state index contributed by atoms with van der Waals surface area (Å²) in [5.74, 6) is 1.56. The van der Waals surface area contributed by atoms with Gasteiger partial charge in [-0.3, -0.25) is 0 Å². The number of aromatic nitrogens is 1. The van der Waals surface area contributed by atoms with Crippen LogP contribution in [0.5, 0.6) is 17.4 Å². The summed E-state index contributed by atoms with van der Waals surface area (Å²) >= 11 is 0. The number of aliphatic hydroxyl groups is 1. The van der Waals surface area contributed by atoms with Gasteiger partial charge in [-0.15, -0.1) is 0 Å². The van der Waals surface area contributed by atoms with Gasteiger partial charge in [0.25, 0.3) is 0 Å². The summed E-state index contributed by atoms with van der Waals surface area (Å²) in [6.45, 7) is 1.76. The molecule has 2 amide bonds. The summed E-state index contributed by atoms with van der Waals surface area (Å²) in [6, 6.07) is 9.68. The van der Waals surface area contributed by atoms with E-state index in [4.69, 9.17) is 14.6 Å². The number of methoxy groups -OCH3 is 1. The zero-order chi connectivity index (χ0) is 17.4. The number of nitrogens with one attached hydrogen (secondary N) is 2. The predicted octanol–water partition coefficient (Wildman–Crippen LogP) is 2.77. The minimum Gasteiger partial charge on any atom is -0.497 e. The van der Waals surface area contributed by atoms with E-state index in [0.717, 1.165) is 5.75 Å². The monoisotopic (exact) mass is 331 g/mol. The van der Waals surface area contributed by atoms with Crippen LogP contribution in [-0.2, 0) is 0 Å². The van der Waals surface area contributed by atoms with Crippen molar-refractivity contribution in [3.8, 4) is 17.4 Å². The average molecular weight is 331 g/mol. The van der Waals surface area contributed by atoms with Crippen molar-refractivity contribution in [2.24, 2.45) is 0 Å². The normalized spacial score (nSPS) is 11.5. The molecule has 1 aromatic heterocycles. The van der Waals surface area contributed by atoms with Gasteiger partial charge in [-0.25, -0.2) is 9.78 Å². The van der Waals surface area contributed by atoms with E-state index in [1.165, 1.54) is 0 Å². The van der Waals surface area contributed by atoms with Crippen LogP contribution < -0.4 is 20.1 Å². The highest BCUT2D eigenvalue weighted by Gasteiger charge is 2.12. The topological polar surface area (TPSA) is 92.7 Å². The molecular formula is C17H21N3O4. The highest BCUT2D eigenvalue weighted by atomic mass is 16.5. The number of hydrogen-bond donors (Lipinski definition) is 3. The van der Waals surface area contributed by atoms with Crippen LogP contribution in [0, 0.1) is 0 Å². The molecule has 0 aliphatic rings. The number of anilines is 1. The Bertz CT molecular complexity index is 657. The maximum absolute atomic E-state index is 12.0. The lowest BCUT2D eigenvalue weighted by Crippen LogP contribution is -2.39. The predicted molar refractivity (Wildman–Crippen MR) is 90.6 cm³/mol. The van der Waals surface area contributed by atoms with Gasteiger partial charge in [-0.2, -0.15) is 0 Å². The number of amides is 2. The van der Waals surface area contributed by atoms with Crippen LogP contribution in [-0.4, -0.2) is 35.9 Å². The van der Waals surface area contributed by atoms with Gasteiger partial charge >= 0.3 is 6.03 Å². The lowest BCUT2D eigenvalue weighted by Gasteiger charge is -2.16. The number of aliphatic hydroxyl groups excluding tert-OH is 1. The molecule has 0 spiro atoms. The second kappa shape index (κ2) is 8.73. The molecule has 0 saturated carbocycles. The number of nitrogens with zero attached hydrogens (tertiary/aromatic N) is 1. The lowest BCUT2D eigenvalue weighted by molar-refractivity contribution is 0.222. The number of pyridine rings is 1. The van der Waals surface area contributed by atoms with Crippen molar-refractivity contribution in [2.75, 3.05) is 19.0 Å². The van der Waals surface area contributed by atoms with E-state index in [-0.39, 0.29) is 18.5 Å². The van der Waals surface area contributed by atoms with Crippen LogP contribution in [0.25, 0.3) is 0 Å². The summed E-state index contributed by atoms with van der Waals surface area (Å²) < 4.78 is 10.8. The number of carbonyl (C=O) groups excluding carboxylic acids is 1. The van der Waals surface area contributed by atoms with Crippen molar-refractivity contribution < 1.29 is 19.4 Å². The number of urea groups is 1. The molecule has 0 aliphatic heterocycles. The smallest absolute Gasteiger partial charge is 0.319 e. The van der Waals surface area contributed by atoms with Gasteiger partial charge in [0.2, 0.25) is 5.88 Å². The van der Waals surface area contributed by atoms with Crippen molar-refractivity contribution in [2.45, 2.75) is 19.4 Å². The first-order valence-corrected chi connectivity index (χ1v) is 7.61. The van der Waals surface area contributed by atoms with Crippen LogP contribution in [0.4, 0.5) is 10.5 Å². The van der Waals surface area contributed by atoms with Crippen LogP contribution in [0.2, 0.25) is 0 Å². The number of hydrogen-bond acceptors (Lipinski definition) is 5. The van der Waals surface area contributed by atoms with Crippen LogP contribution in [0.1, 0.15) is 13.3 Å². The molecule has 1 heterocycles. The molecule has 3 N–H and O–H groups in total. The molecule has 0 saturated heterocycles. The van der Waals surface area contributed by atoms with Crippen LogP contribution in [0.15, 0.2) is 42.6 Å². The molecule has 7 nitrogen and oxygen atoms in total. The maximum Gasteiger partial charge on any atom is 0.319 e. The minimum absolute atomic E-state index is 0.119. The number of carbonyl (C=O) groups is 1. The summed E-state index contributed by atoms with van der Waals surface area (Å²) in [4.78, 5) is 16.1. The van der Waals surface area contributed by atoms with Gasteiger partial charge in [-0.1, -0.05) is 6.92 Å². The number of rotatable bonds is 7. The van der Waals surface area contributed by atoms with E-state index in [1.54, 1.807) is 49.7 Å². The van der Waals surface area contributed by atoms with Crippen molar-refractivity contribution in [1.29, 1.82) is 0 Å². The van der Waals surface area contributed by atoms with E-state index < -0.39 is 6.03 Å². The van der Waals surface area contributed by atoms with E-state index in [2.05, 4.69) is 15.6 Å². The summed E-state index contributed by atoms with van der Waals surface area (Å²) in [6.07, 6.45) is 2.21. The molecular weight excluding hydrogens is 310 g/mol. The third kappa shape index (κ3) is 4.85. The van der Waals surface area contributed by atoms with Gasteiger partial charge < -0.3 is 25.2 Å². The molecule has 0 radical (unpaired) electrons. The van der Waals surface area contributed by atoms with Crippen LogP contribution >= 0.6 is 0 Å². The zero-order valence-corrected chi connectivity index (χ0v) is 13.7. The molecule has 7 heteroatoms. The van der Waals surface area contributed by atoms with E-state index in [1.807, 2.05) is 6.92 Å². The Labute approximate surface area is 140 Å². The second-order valence-corrected chi connectivity index (χ2v) is 5.02. The minimum atomic E-state index is -0.427. The molecule has 1 aromatic carbocycles. The van der Waals surface area contributed by atoms with Gasteiger partial charge in [0.05, 0.1) is 19.8 Å². The van der Waals surface area contributed by atoms with Gasteiger partial charge in [-0.05, 0) is 42.8 Å². The maximum atomic E-state index is 12.0. The fraction of sp³-hybridized carbons (Fsp3) is 0.294. The van der Waals surface area contributed by atoms with Crippen molar-refractivity contribution in [3.63, 3.8) is 0 Å². The van der Waals surface area contributed by atoms with E-state index in [9.17, 15) is 4.79 Å². The third-order valence-corrected chi connectivity index (χ3v) is 3.34. The first-order chi connectivity index (χ1) is 11.7. The average Bonchev–Trinajstić information content (AvgIpc) is 2.62. The molecule has 0 bridgehead atoms. The van der Waals surface area contributed by atoms with Gasteiger partial charge in [0.1, 0.15) is 17.2 Å². The summed E-state index contributed by atoms with van der Waals surface area (Å²) in [5, 5.41) is 14.5. The number of benzene rings is 1. The van der Waals surface area contributed by atoms with Gasteiger partial charge in [0.15, 0.2) is 0 Å². The van der Waals surface area contributed by atoms with Crippen LogP contribution in [0.3, 0.4) is 0 Å². The fourth-order valence-corrected chi connectivity index (χ4v) is 1.94. The first-order valence-electron chi connectivity index (χ1n) is 7.61. The molecule has 1 unspecified atom stereocenters. The zero-order valence-electron chi connectivity index (χ0n) is 13.7. The summed E-state index contributed by atoms with van der Waals surface area (Å²) in [5.41, 5.74) is 0.429. The van der Waals surface area contributed by atoms with E-state index >= 15 is 0 Å².